The van der Waals surface area contributed by atoms with Crippen LogP contribution in [0.1, 0.15) is 17.7 Å². The Labute approximate surface area is 82.5 Å². The zero-order valence-corrected chi connectivity index (χ0v) is 8.64. The number of benzene rings is 1. The predicted octanol–water partition coefficient (Wildman–Crippen LogP) is 2.58. The van der Waals surface area contributed by atoms with Crippen molar-refractivity contribution in [3.8, 4) is 0 Å². The normalized spacial score (nSPS) is 15.4. The minimum atomic E-state index is -0.201. The van der Waals surface area contributed by atoms with E-state index >= 15 is 0 Å². The van der Waals surface area contributed by atoms with Crippen molar-refractivity contribution >= 4 is 11.8 Å². The maximum Gasteiger partial charge on any atom is 0.123 e. The molecular formula is C10H14FNS. The molecule has 2 unspecified atom stereocenters. The van der Waals surface area contributed by atoms with E-state index in [1.54, 1.807) is 23.9 Å². The summed E-state index contributed by atoms with van der Waals surface area (Å²) in [7, 11) is 0. The van der Waals surface area contributed by atoms with Gasteiger partial charge in [0.25, 0.3) is 0 Å². The fraction of sp³-hybridized carbons (Fsp3) is 0.400. The molecule has 0 amide bonds. The molecule has 0 radical (unpaired) electrons. The number of rotatable bonds is 3. The zero-order chi connectivity index (χ0) is 9.84. The van der Waals surface area contributed by atoms with Gasteiger partial charge < -0.3 is 5.73 Å². The third-order valence-electron chi connectivity index (χ3n) is 1.93. The number of hydrogen-bond acceptors (Lipinski definition) is 2. The van der Waals surface area contributed by atoms with Gasteiger partial charge in [0, 0.05) is 11.3 Å². The smallest absolute Gasteiger partial charge is 0.123 e. The van der Waals surface area contributed by atoms with Crippen LogP contribution in [0.15, 0.2) is 24.3 Å². The van der Waals surface area contributed by atoms with Gasteiger partial charge in [-0.2, -0.15) is 11.8 Å². The minimum Gasteiger partial charge on any atom is -0.327 e. The first-order valence-electron chi connectivity index (χ1n) is 4.19. The van der Waals surface area contributed by atoms with Crippen LogP contribution in [0.5, 0.6) is 0 Å². The maximum absolute atomic E-state index is 12.6. The Bertz CT molecular complexity index is 258. The lowest BCUT2D eigenvalue weighted by Crippen LogP contribution is -2.22. The van der Waals surface area contributed by atoms with Crippen molar-refractivity contribution < 1.29 is 4.39 Å². The van der Waals surface area contributed by atoms with E-state index in [4.69, 9.17) is 5.73 Å². The maximum atomic E-state index is 12.6. The lowest BCUT2D eigenvalue weighted by Gasteiger charge is -2.18. The summed E-state index contributed by atoms with van der Waals surface area (Å²) in [5, 5.41) is 0.251. The third-order valence-corrected chi connectivity index (χ3v) is 3.14. The monoisotopic (exact) mass is 199 g/mol. The van der Waals surface area contributed by atoms with Crippen molar-refractivity contribution in [1.82, 2.24) is 0 Å². The predicted molar refractivity (Wildman–Crippen MR) is 56.3 cm³/mol. The third kappa shape index (κ3) is 2.71. The first-order chi connectivity index (χ1) is 6.15. The molecule has 0 saturated heterocycles. The van der Waals surface area contributed by atoms with Gasteiger partial charge in [-0.05, 0) is 30.9 Å². The molecule has 1 aromatic rings. The van der Waals surface area contributed by atoms with Crippen molar-refractivity contribution in [1.29, 1.82) is 0 Å². The van der Waals surface area contributed by atoms with E-state index in [1.165, 1.54) is 12.1 Å². The summed E-state index contributed by atoms with van der Waals surface area (Å²) in [4.78, 5) is 0. The molecule has 2 N–H and O–H groups in total. The number of hydrogen-bond donors (Lipinski definition) is 1. The van der Waals surface area contributed by atoms with Crippen molar-refractivity contribution in [2.24, 2.45) is 5.73 Å². The molecule has 0 saturated carbocycles. The number of thioether (sulfide) groups is 1. The van der Waals surface area contributed by atoms with Gasteiger partial charge in [0.1, 0.15) is 5.82 Å². The SMILES string of the molecule is CSC(c1ccc(F)cc1)C(C)N. The molecular weight excluding hydrogens is 185 g/mol. The van der Waals surface area contributed by atoms with Gasteiger partial charge in [-0.1, -0.05) is 12.1 Å². The Morgan fingerprint density at radius 2 is 1.85 bits per heavy atom. The van der Waals surface area contributed by atoms with Crippen molar-refractivity contribution in [2.45, 2.75) is 18.2 Å². The van der Waals surface area contributed by atoms with E-state index < -0.39 is 0 Å². The highest BCUT2D eigenvalue weighted by Crippen LogP contribution is 2.28. The van der Waals surface area contributed by atoms with Gasteiger partial charge in [-0.25, -0.2) is 4.39 Å². The zero-order valence-electron chi connectivity index (χ0n) is 7.83. The summed E-state index contributed by atoms with van der Waals surface area (Å²) < 4.78 is 12.6. The summed E-state index contributed by atoms with van der Waals surface area (Å²) >= 11 is 1.69. The van der Waals surface area contributed by atoms with Crippen LogP contribution in [-0.4, -0.2) is 12.3 Å². The topological polar surface area (TPSA) is 26.0 Å². The van der Waals surface area contributed by atoms with Gasteiger partial charge in [0.2, 0.25) is 0 Å². The van der Waals surface area contributed by atoms with E-state index in [9.17, 15) is 4.39 Å². The second-order valence-corrected chi connectivity index (χ2v) is 4.05. The lowest BCUT2D eigenvalue weighted by molar-refractivity contribution is 0.625. The number of nitrogens with two attached hydrogens (primary N) is 1. The van der Waals surface area contributed by atoms with Gasteiger partial charge in [-0.3, -0.25) is 0 Å². The molecule has 72 valence electrons. The molecule has 1 rings (SSSR count). The molecule has 0 aliphatic heterocycles. The van der Waals surface area contributed by atoms with E-state index in [0.717, 1.165) is 5.56 Å². The van der Waals surface area contributed by atoms with Crippen molar-refractivity contribution in [3.63, 3.8) is 0 Å². The Kier molecular flexibility index (Phi) is 3.75. The fourth-order valence-corrected chi connectivity index (χ4v) is 2.17. The van der Waals surface area contributed by atoms with Crippen LogP contribution in [0.25, 0.3) is 0 Å². The average Bonchev–Trinajstić information content (AvgIpc) is 2.09. The average molecular weight is 199 g/mol. The largest absolute Gasteiger partial charge is 0.327 e. The van der Waals surface area contributed by atoms with Crippen LogP contribution in [0.3, 0.4) is 0 Å². The van der Waals surface area contributed by atoms with Gasteiger partial charge in [0.15, 0.2) is 0 Å². The van der Waals surface area contributed by atoms with E-state index in [-0.39, 0.29) is 17.1 Å². The fourth-order valence-electron chi connectivity index (χ4n) is 1.31. The van der Waals surface area contributed by atoms with Crippen LogP contribution in [-0.2, 0) is 0 Å². The molecule has 1 nitrogen and oxygen atoms in total. The van der Waals surface area contributed by atoms with Gasteiger partial charge in [-0.15, -0.1) is 0 Å². The molecule has 0 bridgehead atoms. The van der Waals surface area contributed by atoms with E-state index in [0.29, 0.717) is 0 Å². The van der Waals surface area contributed by atoms with Gasteiger partial charge >= 0.3 is 0 Å². The summed E-state index contributed by atoms with van der Waals surface area (Å²) in [6.45, 7) is 1.96. The Morgan fingerprint density at radius 3 is 2.23 bits per heavy atom. The highest BCUT2D eigenvalue weighted by molar-refractivity contribution is 7.98. The molecule has 0 heterocycles. The minimum absolute atomic E-state index is 0.0838. The summed E-state index contributed by atoms with van der Waals surface area (Å²) in [5.74, 6) is -0.201. The van der Waals surface area contributed by atoms with Crippen molar-refractivity contribution in [2.75, 3.05) is 6.26 Å². The second-order valence-electron chi connectivity index (χ2n) is 3.07. The Balaban J connectivity index is 2.86. The summed E-state index contributed by atoms with van der Waals surface area (Å²) in [6, 6.07) is 6.61. The quantitative estimate of drug-likeness (QED) is 0.809. The van der Waals surface area contributed by atoms with Crippen LogP contribution in [0.4, 0.5) is 4.39 Å². The van der Waals surface area contributed by atoms with Crippen LogP contribution >= 0.6 is 11.8 Å². The molecule has 1 aromatic carbocycles. The molecule has 3 heteroatoms. The molecule has 2 atom stereocenters. The number of halogens is 1. The van der Waals surface area contributed by atoms with Crippen LogP contribution in [0.2, 0.25) is 0 Å². The van der Waals surface area contributed by atoms with Crippen LogP contribution < -0.4 is 5.73 Å². The highest BCUT2D eigenvalue weighted by atomic mass is 32.2. The summed E-state index contributed by atoms with van der Waals surface area (Å²) in [5.41, 5.74) is 6.89. The molecule has 0 fully saturated rings. The van der Waals surface area contributed by atoms with E-state index in [2.05, 4.69) is 0 Å². The molecule has 0 aromatic heterocycles. The molecule has 0 aliphatic rings. The first-order valence-corrected chi connectivity index (χ1v) is 5.47. The molecule has 0 spiro atoms. The van der Waals surface area contributed by atoms with E-state index in [1.807, 2.05) is 13.2 Å². The van der Waals surface area contributed by atoms with Crippen LogP contribution in [0, 0.1) is 5.82 Å². The first kappa shape index (κ1) is 10.5. The van der Waals surface area contributed by atoms with Gasteiger partial charge in [0.05, 0.1) is 0 Å². The molecule has 13 heavy (non-hydrogen) atoms. The van der Waals surface area contributed by atoms with Crippen molar-refractivity contribution in [3.05, 3.63) is 35.6 Å². The lowest BCUT2D eigenvalue weighted by atomic mass is 10.1. The Morgan fingerprint density at radius 1 is 1.31 bits per heavy atom. The Hall–Kier alpha value is -0.540. The summed E-state index contributed by atoms with van der Waals surface area (Å²) in [6.07, 6.45) is 2.01. The highest BCUT2D eigenvalue weighted by Gasteiger charge is 2.14. The molecule has 0 aliphatic carbocycles. The standard InChI is InChI=1S/C10H14FNS/c1-7(12)10(13-2)8-3-5-9(11)6-4-8/h3-7,10H,12H2,1-2H3. The second kappa shape index (κ2) is 4.63.